The molecular weight excluding hydrogens is 290 g/mol. The van der Waals surface area contributed by atoms with Gasteiger partial charge in [-0.1, -0.05) is 23.7 Å². The van der Waals surface area contributed by atoms with Crippen molar-refractivity contribution in [1.29, 1.82) is 0 Å². The van der Waals surface area contributed by atoms with Crippen LogP contribution in [0.2, 0.25) is 5.02 Å². The lowest BCUT2D eigenvalue weighted by Crippen LogP contribution is -2.04. The van der Waals surface area contributed by atoms with E-state index < -0.39 is 4.92 Å². The van der Waals surface area contributed by atoms with Crippen molar-refractivity contribution >= 4 is 34.4 Å². The summed E-state index contributed by atoms with van der Waals surface area (Å²) < 4.78 is 0. The molecule has 0 saturated heterocycles. The van der Waals surface area contributed by atoms with Crippen LogP contribution >= 0.6 is 11.6 Å². The summed E-state index contributed by atoms with van der Waals surface area (Å²) in [5.74, 6) is 0. The lowest BCUT2D eigenvalue weighted by atomic mass is 10.2. The third-order valence-electron chi connectivity index (χ3n) is 2.98. The Morgan fingerprint density at radius 2 is 1.90 bits per heavy atom. The zero-order valence-corrected chi connectivity index (χ0v) is 12.6. The van der Waals surface area contributed by atoms with Crippen molar-refractivity contribution in [3.8, 4) is 0 Å². The molecule has 0 saturated carbocycles. The number of para-hydroxylation sites is 1. The van der Waals surface area contributed by atoms with E-state index in [9.17, 15) is 10.1 Å². The summed E-state index contributed by atoms with van der Waals surface area (Å²) in [6, 6.07) is 10.6. The summed E-state index contributed by atoms with van der Waals surface area (Å²) in [6.07, 6.45) is 0. The SMILES string of the molecule is CCNc1cccc(Nc2cc(C)ccc2Cl)c1[N+](=O)[O-]. The maximum atomic E-state index is 11.4. The van der Waals surface area contributed by atoms with Gasteiger partial charge in [0, 0.05) is 6.54 Å². The first kappa shape index (κ1) is 15.1. The molecule has 110 valence electrons. The van der Waals surface area contributed by atoms with E-state index in [2.05, 4.69) is 10.6 Å². The van der Waals surface area contributed by atoms with Crippen molar-refractivity contribution in [2.24, 2.45) is 0 Å². The number of hydrogen-bond acceptors (Lipinski definition) is 4. The standard InChI is InChI=1S/C15H16ClN3O2/c1-3-17-12-5-4-6-13(15(12)19(20)21)18-14-9-10(2)7-8-11(14)16/h4-9,17-18H,3H2,1-2H3. The molecule has 0 aliphatic carbocycles. The van der Waals surface area contributed by atoms with Gasteiger partial charge >= 0.3 is 5.69 Å². The first-order chi connectivity index (χ1) is 10.0. The van der Waals surface area contributed by atoms with Gasteiger partial charge in [0.15, 0.2) is 0 Å². The van der Waals surface area contributed by atoms with Gasteiger partial charge in [0.1, 0.15) is 11.4 Å². The fraction of sp³-hybridized carbons (Fsp3) is 0.200. The molecule has 0 atom stereocenters. The Kier molecular flexibility index (Phi) is 4.65. The maximum Gasteiger partial charge on any atom is 0.315 e. The largest absolute Gasteiger partial charge is 0.380 e. The molecule has 2 rings (SSSR count). The quantitative estimate of drug-likeness (QED) is 0.619. The second-order valence-electron chi connectivity index (χ2n) is 4.60. The molecule has 0 unspecified atom stereocenters. The summed E-state index contributed by atoms with van der Waals surface area (Å²) in [5, 5.41) is 17.9. The monoisotopic (exact) mass is 305 g/mol. The highest BCUT2D eigenvalue weighted by atomic mass is 35.5. The average Bonchev–Trinajstić information content (AvgIpc) is 2.43. The smallest absolute Gasteiger partial charge is 0.315 e. The molecule has 0 aliphatic rings. The normalized spacial score (nSPS) is 10.2. The summed E-state index contributed by atoms with van der Waals surface area (Å²) in [6.45, 7) is 4.43. The van der Waals surface area contributed by atoms with Crippen LogP contribution in [0.5, 0.6) is 0 Å². The van der Waals surface area contributed by atoms with E-state index in [1.165, 1.54) is 0 Å². The lowest BCUT2D eigenvalue weighted by molar-refractivity contribution is -0.383. The number of benzene rings is 2. The van der Waals surface area contributed by atoms with E-state index in [0.717, 1.165) is 5.56 Å². The highest BCUT2D eigenvalue weighted by molar-refractivity contribution is 6.33. The molecule has 0 amide bonds. The first-order valence-electron chi connectivity index (χ1n) is 6.57. The molecule has 2 N–H and O–H groups in total. The molecule has 21 heavy (non-hydrogen) atoms. The van der Waals surface area contributed by atoms with Gasteiger partial charge in [-0.15, -0.1) is 0 Å². The van der Waals surface area contributed by atoms with Gasteiger partial charge in [-0.25, -0.2) is 0 Å². The minimum absolute atomic E-state index is 0.0110. The fourth-order valence-electron chi connectivity index (χ4n) is 2.05. The molecule has 0 aromatic heterocycles. The van der Waals surface area contributed by atoms with Crippen LogP contribution in [0.4, 0.5) is 22.7 Å². The van der Waals surface area contributed by atoms with Crippen LogP contribution < -0.4 is 10.6 Å². The molecule has 6 heteroatoms. The highest BCUT2D eigenvalue weighted by Gasteiger charge is 2.19. The molecule has 5 nitrogen and oxygen atoms in total. The number of nitro groups is 1. The summed E-state index contributed by atoms with van der Waals surface area (Å²) in [5.41, 5.74) is 2.57. The van der Waals surface area contributed by atoms with Gasteiger partial charge in [0.2, 0.25) is 0 Å². The average molecular weight is 306 g/mol. The third-order valence-corrected chi connectivity index (χ3v) is 3.31. The fourth-order valence-corrected chi connectivity index (χ4v) is 2.22. The number of halogens is 1. The molecule has 2 aromatic rings. The van der Waals surface area contributed by atoms with Crippen molar-refractivity contribution in [1.82, 2.24) is 0 Å². The van der Waals surface area contributed by atoms with Crippen LogP contribution in [-0.2, 0) is 0 Å². The number of rotatable bonds is 5. The Bertz CT molecular complexity index is 674. The predicted octanol–water partition coefficient (Wildman–Crippen LogP) is 4.73. The Labute approximate surface area is 128 Å². The zero-order valence-electron chi connectivity index (χ0n) is 11.8. The minimum Gasteiger partial charge on any atom is -0.380 e. The van der Waals surface area contributed by atoms with E-state index in [-0.39, 0.29) is 5.69 Å². The topological polar surface area (TPSA) is 67.2 Å². The minimum atomic E-state index is -0.399. The highest BCUT2D eigenvalue weighted by Crippen LogP contribution is 2.36. The zero-order chi connectivity index (χ0) is 15.4. The molecule has 0 radical (unpaired) electrons. The molecule has 0 bridgehead atoms. The second-order valence-corrected chi connectivity index (χ2v) is 5.00. The van der Waals surface area contributed by atoms with E-state index >= 15 is 0 Å². The summed E-state index contributed by atoms with van der Waals surface area (Å²) in [4.78, 5) is 11.0. The number of nitrogens with zero attached hydrogens (tertiary/aromatic N) is 1. The predicted molar refractivity (Wildman–Crippen MR) is 86.7 cm³/mol. The third kappa shape index (κ3) is 3.44. The number of nitro benzene ring substituents is 1. The van der Waals surface area contributed by atoms with Crippen LogP contribution in [0, 0.1) is 17.0 Å². The summed E-state index contributed by atoms with van der Waals surface area (Å²) in [7, 11) is 0. The molecule has 0 aliphatic heterocycles. The van der Waals surface area contributed by atoms with Crippen LogP contribution in [0.1, 0.15) is 12.5 Å². The van der Waals surface area contributed by atoms with Gasteiger partial charge in [0.05, 0.1) is 15.6 Å². The van der Waals surface area contributed by atoms with Gasteiger partial charge < -0.3 is 10.6 Å². The van der Waals surface area contributed by atoms with Gasteiger partial charge in [-0.05, 0) is 43.7 Å². The van der Waals surface area contributed by atoms with E-state index in [0.29, 0.717) is 28.6 Å². The van der Waals surface area contributed by atoms with Crippen LogP contribution in [0.15, 0.2) is 36.4 Å². The Morgan fingerprint density at radius 1 is 1.19 bits per heavy atom. The van der Waals surface area contributed by atoms with Gasteiger partial charge in [0.25, 0.3) is 0 Å². The van der Waals surface area contributed by atoms with Crippen molar-refractivity contribution in [3.05, 3.63) is 57.1 Å². The molecule has 2 aromatic carbocycles. The van der Waals surface area contributed by atoms with E-state index in [4.69, 9.17) is 11.6 Å². The number of anilines is 3. The van der Waals surface area contributed by atoms with Crippen LogP contribution in [-0.4, -0.2) is 11.5 Å². The van der Waals surface area contributed by atoms with E-state index in [1.807, 2.05) is 26.0 Å². The van der Waals surface area contributed by atoms with Gasteiger partial charge in [-0.2, -0.15) is 0 Å². The number of nitrogens with one attached hydrogen (secondary N) is 2. The molecule has 0 spiro atoms. The Morgan fingerprint density at radius 3 is 2.57 bits per heavy atom. The molecule has 0 fully saturated rings. The van der Waals surface area contributed by atoms with E-state index in [1.54, 1.807) is 24.3 Å². The van der Waals surface area contributed by atoms with Crippen molar-refractivity contribution < 1.29 is 4.92 Å². The summed E-state index contributed by atoms with van der Waals surface area (Å²) >= 11 is 6.13. The van der Waals surface area contributed by atoms with Gasteiger partial charge in [-0.3, -0.25) is 10.1 Å². The van der Waals surface area contributed by atoms with Crippen LogP contribution in [0.25, 0.3) is 0 Å². The second kappa shape index (κ2) is 6.45. The Hall–Kier alpha value is -2.27. The van der Waals surface area contributed by atoms with Crippen molar-refractivity contribution in [3.63, 3.8) is 0 Å². The molecular formula is C15H16ClN3O2. The maximum absolute atomic E-state index is 11.4. The number of aryl methyl sites for hydroxylation is 1. The van der Waals surface area contributed by atoms with Crippen LogP contribution in [0.3, 0.4) is 0 Å². The van der Waals surface area contributed by atoms with Crippen molar-refractivity contribution in [2.75, 3.05) is 17.2 Å². The molecule has 0 heterocycles. The number of hydrogen-bond donors (Lipinski definition) is 2. The Balaban J connectivity index is 2.46. The lowest BCUT2D eigenvalue weighted by Gasteiger charge is -2.12. The first-order valence-corrected chi connectivity index (χ1v) is 6.95. The van der Waals surface area contributed by atoms with Crippen molar-refractivity contribution in [2.45, 2.75) is 13.8 Å².